The lowest BCUT2D eigenvalue weighted by molar-refractivity contribution is -0.136. The minimum atomic E-state index is -4.57. The zero-order chi connectivity index (χ0) is 22.6. The number of alkyl halides is 3. The highest BCUT2D eigenvalue weighted by Gasteiger charge is 2.33. The Labute approximate surface area is 177 Å². The number of nitrogens with one attached hydrogen (secondary N) is 3. The lowest BCUT2D eigenvalue weighted by Gasteiger charge is -2.14. The highest BCUT2D eigenvalue weighted by atomic mass is 19.4. The molecule has 0 spiro atoms. The maximum Gasteiger partial charge on any atom is 0.418 e. The third-order valence-electron chi connectivity index (χ3n) is 4.56. The quantitative estimate of drug-likeness (QED) is 0.501. The van der Waals surface area contributed by atoms with Crippen molar-refractivity contribution in [1.29, 1.82) is 5.26 Å². The standard InChI is InChI=1S/C22H20F3N5O/c1-13-9-14(2)19-15(10-13)11-16(12-26)20(30-19)27-7-8-28-21(31)29-18-6-4-3-5-17(18)22(23,24)25/h3-6,9-11H,7-8H2,1-2H3,(H,27,30)(H2,28,29,31). The molecule has 1 aromatic heterocycles. The van der Waals surface area contributed by atoms with Crippen LogP contribution in [0.3, 0.4) is 0 Å². The Morgan fingerprint density at radius 2 is 1.87 bits per heavy atom. The van der Waals surface area contributed by atoms with Crippen molar-refractivity contribution in [2.45, 2.75) is 20.0 Å². The number of hydrogen-bond acceptors (Lipinski definition) is 4. The second-order valence-corrected chi connectivity index (χ2v) is 7.00. The van der Waals surface area contributed by atoms with E-state index in [2.05, 4.69) is 27.0 Å². The summed E-state index contributed by atoms with van der Waals surface area (Å²) >= 11 is 0. The predicted molar refractivity (Wildman–Crippen MR) is 113 cm³/mol. The third-order valence-corrected chi connectivity index (χ3v) is 4.56. The highest BCUT2D eigenvalue weighted by Crippen LogP contribution is 2.34. The largest absolute Gasteiger partial charge is 0.418 e. The molecule has 0 unspecified atom stereocenters. The number of aryl methyl sites for hydroxylation is 2. The monoisotopic (exact) mass is 427 g/mol. The summed E-state index contributed by atoms with van der Waals surface area (Å²) in [7, 11) is 0. The van der Waals surface area contributed by atoms with Crippen LogP contribution in [0.2, 0.25) is 0 Å². The topological polar surface area (TPSA) is 89.8 Å². The molecular formula is C22H20F3N5O. The number of fused-ring (bicyclic) bond motifs is 1. The number of nitriles is 1. The fourth-order valence-corrected chi connectivity index (χ4v) is 3.23. The van der Waals surface area contributed by atoms with Gasteiger partial charge >= 0.3 is 12.2 Å². The summed E-state index contributed by atoms with van der Waals surface area (Å²) in [5.74, 6) is 0.381. The van der Waals surface area contributed by atoms with Crippen molar-refractivity contribution < 1.29 is 18.0 Å². The number of urea groups is 1. The zero-order valence-electron chi connectivity index (χ0n) is 16.9. The number of amides is 2. The molecule has 0 saturated heterocycles. The first-order valence-electron chi connectivity index (χ1n) is 9.46. The fourth-order valence-electron chi connectivity index (χ4n) is 3.23. The molecular weight excluding hydrogens is 407 g/mol. The third kappa shape index (κ3) is 5.22. The van der Waals surface area contributed by atoms with Crippen LogP contribution < -0.4 is 16.0 Å². The second kappa shape index (κ2) is 8.92. The van der Waals surface area contributed by atoms with Crippen LogP contribution in [-0.2, 0) is 6.18 Å². The normalized spacial score (nSPS) is 11.1. The van der Waals surface area contributed by atoms with Gasteiger partial charge in [-0.2, -0.15) is 18.4 Å². The summed E-state index contributed by atoms with van der Waals surface area (Å²) in [6.45, 7) is 4.24. The molecule has 6 nitrogen and oxygen atoms in total. The van der Waals surface area contributed by atoms with E-state index >= 15 is 0 Å². The number of carbonyl (C=O) groups excluding carboxylic acids is 1. The fraction of sp³-hybridized carbons (Fsp3) is 0.227. The summed E-state index contributed by atoms with van der Waals surface area (Å²) in [4.78, 5) is 16.5. The molecule has 0 aliphatic carbocycles. The highest BCUT2D eigenvalue weighted by molar-refractivity contribution is 5.90. The molecule has 0 atom stereocenters. The van der Waals surface area contributed by atoms with Crippen LogP contribution in [0.5, 0.6) is 0 Å². The minimum absolute atomic E-state index is 0.109. The van der Waals surface area contributed by atoms with Crippen LogP contribution in [-0.4, -0.2) is 24.1 Å². The lowest BCUT2D eigenvalue weighted by Crippen LogP contribution is -2.33. The molecule has 3 N–H and O–H groups in total. The zero-order valence-corrected chi connectivity index (χ0v) is 16.9. The van der Waals surface area contributed by atoms with E-state index in [1.165, 1.54) is 18.2 Å². The van der Waals surface area contributed by atoms with E-state index in [4.69, 9.17) is 0 Å². The average molecular weight is 427 g/mol. The van der Waals surface area contributed by atoms with Gasteiger partial charge in [0.1, 0.15) is 11.9 Å². The van der Waals surface area contributed by atoms with Crippen molar-refractivity contribution in [2.75, 3.05) is 23.7 Å². The SMILES string of the molecule is Cc1cc(C)c2nc(NCCNC(=O)Nc3ccccc3C(F)(F)F)c(C#N)cc2c1. The Hall–Kier alpha value is -3.80. The number of halogens is 3. The summed E-state index contributed by atoms with van der Waals surface area (Å²) in [6, 6.07) is 11.8. The molecule has 0 radical (unpaired) electrons. The van der Waals surface area contributed by atoms with Crippen LogP contribution in [0.15, 0.2) is 42.5 Å². The van der Waals surface area contributed by atoms with Crippen LogP contribution >= 0.6 is 0 Å². The maximum atomic E-state index is 13.0. The van der Waals surface area contributed by atoms with Crippen LogP contribution in [0, 0.1) is 25.2 Å². The molecule has 2 aromatic carbocycles. The average Bonchev–Trinajstić information content (AvgIpc) is 2.70. The van der Waals surface area contributed by atoms with Crippen LogP contribution in [0.25, 0.3) is 10.9 Å². The van der Waals surface area contributed by atoms with Crippen LogP contribution in [0.1, 0.15) is 22.3 Å². The van der Waals surface area contributed by atoms with Crippen LogP contribution in [0.4, 0.5) is 29.5 Å². The number of hydrogen-bond donors (Lipinski definition) is 3. The van der Waals surface area contributed by atoms with Crippen molar-refractivity contribution in [3.8, 4) is 6.07 Å². The van der Waals surface area contributed by atoms with Gasteiger partial charge in [0.05, 0.1) is 22.3 Å². The number of carbonyl (C=O) groups is 1. The second-order valence-electron chi connectivity index (χ2n) is 7.00. The van der Waals surface area contributed by atoms with Gasteiger partial charge in [-0.15, -0.1) is 0 Å². The first kappa shape index (κ1) is 21.9. The number of pyridine rings is 1. The smallest absolute Gasteiger partial charge is 0.367 e. The van der Waals surface area contributed by atoms with E-state index in [9.17, 15) is 23.2 Å². The van der Waals surface area contributed by atoms with Gasteiger partial charge < -0.3 is 16.0 Å². The molecule has 0 saturated carbocycles. The summed E-state index contributed by atoms with van der Waals surface area (Å²) in [5.41, 5.74) is 1.92. The minimum Gasteiger partial charge on any atom is -0.367 e. The summed E-state index contributed by atoms with van der Waals surface area (Å²) in [6.07, 6.45) is -4.57. The van der Waals surface area contributed by atoms with Crippen molar-refractivity contribution in [2.24, 2.45) is 0 Å². The first-order chi connectivity index (χ1) is 14.7. The predicted octanol–water partition coefficient (Wildman–Crippen LogP) is 4.98. The van der Waals surface area contributed by atoms with Crippen molar-refractivity contribution in [3.63, 3.8) is 0 Å². The Morgan fingerprint density at radius 1 is 1.13 bits per heavy atom. The first-order valence-corrected chi connectivity index (χ1v) is 9.46. The van der Waals surface area contributed by atoms with E-state index in [0.717, 1.165) is 28.1 Å². The number of anilines is 2. The van der Waals surface area contributed by atoms with Gasteiger partial charge in [0.25, 0.3) is 0 Å². The Bertz CT molecular complexity index is 1170. The van der Waals surface area contributed by atoms with Crippen molar-refractivity contribution in [1.82, 2.24) is 10.3 Å². The van der Waals surface area contributed by atoms with E-state index in [0.29, 0.717) is 11.4 Å². The Morgan fingerprint density at radius 3 is 2.58 bits per heavy atom. The molecule has 31 heavy (non-hydrogen) atoms. The molecule has 9 heteroatoms. The molecule has 2 amide bonds. The molecule has 0 aliphatic rings. The number of benzene rings is 2. The molecule has 3 aromatic rings. The molecule has 0 aliphatic heterocycles. The van der Waals surface area contributed by atoms with Gasteiger partial charge in [0.15, 0.2) is 0 Å². The lowest BCUT2D eigenvalue weighted by atomic mass is 10.1. The summed E-state index contributed by atoms with van der Waals surface area (Å²) < 4.78 is 39.0. The number of nitrogens with zero attached hydrogens (tertiary/aromatic N) is 2. The van der Waals surface area contributed by atoms with E-state index < -0.39 is 17.8 Å². The number of rotatable bonds is 5. The van der Waals surface area contributed by atoms with Crippen molar-refractivity contribution >= 4 is 28.4 Å². The molecule has 0 fully saturated rings. The van der Waals surface area contributed by atoms with E-state index in [-0.39, 0.29) is 18.8 Å². The Kier molecular flexibility index (Phi) is 6.30. The van der Waals surface area contributed by atoms with Crippen molar-refractivity contribution in [3.05, 3.63) is 64.7 Å². The number of aromatic nitrogens is 1. The Balaban J connectivity index is 1.62. The van der Waals surface area contributed by atoms with E-state index in [1.54, 1.807) is 6.07 Å². The van der Waals surface area contributed by atoms with Gasteiger partial charge in [-0.25, -0.2) is 9.78 Å². The molecule has 1 heterocycles. The number of para-hydroxylation sites is 1. The maximum absolute atomic E-state index is 13.0. The van der Waals surface area contributed by atoms with Gasteiger partial charge in [0, 0.05) is 18.5 Å². The van der Waals surface area contributed by atoms with Gasteiger partial charge in [-0.1, -0.05) is 23.8 Å². The van der Waals surface area contributed by atoms with E-state index in [1.807, 2.05) is 26.0 Å². The van der Waals surface area contributed by atoms with Gasteiger partial charge in [-0.05, 0) is 43.7 Å². The summed E-state index contributed by atoms with van der Waals surface area (Å²) in [5, 5.41) is 18.0. The molecule has 160 valence electrons. The van der Waals surface area contributed by atoms with Gasteiger partial charge in [-0.3, -0.25) is 0 Å². The molecule has 0 bridgehead atoms. The molecule has 3 rings (SSSR count). The van der Waals surface area contributed by atoms with Gasteiger partial charge in [0.2, 0.25) is 0 Å².